The molecule has 1 amide bonds. The molecule has 3 aromatic carbocycles. The van der Waals surface area contributed by atoms with Crippen LogP contribution in [0.2, 0.25) is 0 Å². The largest absolute Gasteiger partial charge is 0.496 e. The number of hydrogen-bond acceptors (Lipinski definition) is 6. The van der Waals surface area contributed by atoms with E-state index in [1.54, 1.807) is 44.6 Å². The molecule has 7 nitrogen and oxygen atoms in total. The number of para-hydroxylation sites is 4. The molecular formula is C26H25N3O4S. The van der Waals surface area contributed by atoms with Crippen molar-refractivity contribution in [2.75, 3.05) is 26.5 Å². The second kappa shape index (κ2) is 10.9. The minimum absolute atomic E-state index is 0.117. The molecular weight excluding hydrogens is 450 g/mol. The first-order valence-electron chi connectivity index (χ1n) is 10.8. The summed E-state index contributed by atoms with van der Waals surface area (Å²) in [6, 6.07) is 22.2. The van der Waals surface area contributed by atoms with Crippen LogP contribution in [0, 0.1) is 0 Å². The van der Waals surface area contributed by atoms with Gasteiger partial charge in [-0.3, -0.25) is 14.2 Å². The van der Waals surface area contributed by atoms with Gasteiger partial charge in [0.15, 0.2) is 5.16 Å². The molecule has 4 aromatic rings. The Labute approximate surface area is 201 Å². The summed E-state index contributed by atoms with van der Waals surface area (Å²) < 4.78 is 12.3. The lowest BCUT2D eigenvalue weighted by Crippen LogP contribution is -2.28. The van der Waals surface area contributed by atoms with Crippen molar-refractivity contribution in [3.63, 3.8) is 0 Å². The normalized spacial score (nSPS) is 10.8. The highest BCUT2D eigenvalue weighted by atomic mass is 32.2. The Morgan fingerprint density at radius 3 is 2.41 bits per heavy atom. The van der Waals surface area contributed by atoms with Gasteiger partial charge in [-0.15, -0.1) is 0 Å². The summed E-state index contributed by atoms with van der Waals surface area (Å²) in [6.07, 6.45) is 0.653. The quantitative estimate of drug-likeness (QED) is 0.293. The van der Waals surface area contributed by atoms with E-state index in [1.807, 2.05) is 42.5 Å². The van der Waals surface area contributed by atoms with Crippen molar-refractivity contribution in [1.82, 2.24) is 14.9 Å². The van der Waals surface area contributed by atoms with E-state index < -0.39 is 0 Å². The number of carbonyl (C=O) groups is 1. The monoisotopic (exact) mass is 475 g/mol. The number of benzene rings is 3. The average molecular weight is 476 g/mol. The highest BCUT2D eigenvalue weighted by Gasteiger charge is 2.17. The Balaban J connectivity index is 1.54. The lowest BCUT2D eigenvalue weighted by atomic mass is 10.1. The zero-order chi connectivity index (χ0) is 23.9. The molecule has 0 aliphatic rings. The smallest absolute Gasteiger partial charge is 0.266 e. The molecule has 0 aliphatic heterocycles. The van der Waals surface area contributed by atoms with Gasteiger partial charge in [-0.05, 0) is 42.3 Å². The van der Waals surface area contributed by atoms with Crippen LogP contribution >= 0.6 is 11.8 Å². The number of hydrogen-bond donors (Lipinski definition) is 1. The van der Waals surface area contributed by atoms with Gasteiger partial charge in [0.1, 0.15) is 11.5 Å². The summed E-state index contributed by atoms with van der Waals surface area (Å²) in [7, 11) is 3.19. The zero-order valence-electron chi connectivity index (χ0n) is 19.0. The molecule has 0 bridgehead atoms. The van der Waals surface area contributed by atoms with Crippen molar-refractivity contribution in [3.05, 3.63) is 88.7 Å². The number of nitrogens with zero attached hydrogens (tertiary/aromatic N) is 2. The summed E-state index contributed by atoms with van der Waals surface area (Å²) in [5.41, 5.74) is 1.97. The number of rotatable bonds is 9. The van der Waals surface area contributed by atoms with Crippen LogP contribution in [0.25, 0.3) is 16.6 Å². The summed E-state index contributed by atoms with van der Waals surface area (Å²) in [4.78, 5) is 30.7. The van der Waals surface area contributed by atoms with Crippen molar-refractivity contribution >= 4 is 28.6 Å². The number of nitrogens with one attached hydrogen (secondary N) is 1. The fourth-order valence-electron chi connectivity index (χ4n) is 3.66. The summed E-state index contributed by atoms with van der Waals surface area (Å²) in [5, 5.41) is 3.85. The Kier molecular flexibility index (Phi) is 7.49. The van der Waals surface area contributed by atoms with Crippen LogP contribution in [0.3, 0.4) is 0 Å². The lowest BCUT2D eigenvalue weighted by molar-refractivity contribution is -0.118. The minimum atomic E-state index is -0.214. The van der Waals surface area contributed by atoms with Gasteiger partial charge in [-0.2, -0.15) is 0 Å². The van der Waals surface area contributed by atoms with Gasteiger partial charge in [-0.1, -0.05) is 54.2 Å². The first-order chi connectivity index (χ1) is 16.6. The maximum Gasteiger partial charge on any atom is 0.266 e. The molecule has 8 heteroatoms. The van der Waals surface area contributed by atoms with Crippen LogP contribution in [0.1, 0.15) is 5.56 Å². The Morgan fingerprint density at radius 2 is 1.62 bits per heavy atom. The molecule has 0 radical (unpaired) electrons. The molecule has 0 atom stereocenters. The SMILES string of the molecule is COc1ccccc1CCNC(=O)CSc1nc2ccccc2c(=O)n1-c1ccccc1OC. The van der Waals surface area contributed by atoms with Gasteiger partial charge in [0.2, 0.25) is 5.91 Å². The molecule has 1 heterocycles. The van der Waals surface area contributed by atoms with Crippen molar-refractivity contribution in [2.24, 2.45) is 0 Å². The van der Waals surface area contributed by atoms with Crippen molar-refractivity contribution in [3.8, 4) is 17.2 Å². The van der Waals surface area contributed by atoms with E-state index in [0.717, 1.165) is 11.3 Å². The van der Waals surface area contributed by atoms with Crippen LogP contribution in [0.4, 0.5) is 0 Å². The number of ether oxygens (including phenoxy) is 2. The molecule has 1 N–H and O–H groups in total. The van der Waals surface area contributed by atoms with E-state index >= 15 is 0 Å². The van der Waals surface area contributed by atoms with Gasteiger partial charge >= 0.3 is 0 Å². The van der Waals surface area contributed by atoms with E-state index in [0.29, 0.717) is 40.5 Å². The molecule has 34 heavy (non-hydrogen) atoms. The third-order valence-electron chi connectivity index (χ3n) is 5.31. The Hall–Kier alpha value is -3.78. The standard InChI is InChI=1S/C26H25N3O4S/c1-32-22-13-7-3-9-18(22)15-16-27-24(30)17-34-26-28-20-11-5-4-10-19(20)25(31)29(26)21-12-6-8-14-23(21)33-2/h3-14H,15-17H2,1-2H3,(H,27,30). The summed E-state index contributed by atoms with van der Waals surface area (Å²) >= 11 is 1.21. The van der Waals surface area contributed by atoms with Crippen LogP contribution < -0.4 is 20.3 Å². The third kappa shape index (κ3) is 5.07. The van der Waals surface area contributed by atoms with Crippen molar-refractivity contribution in [1.29, 1.82) is 0 Å². The molecule has 174 valence electrons. The average Bonchev–Trinajstić information content (AvgIpc) is 2.88. The minimum Gasteiger partial charge on any atom is -0.496 e. The number of fused-ring (bicyclic) bond motifs is 1. The maximum atomic E-state index is 13.4. The summed E-state index contributed by atoms with van der Waals surface area (Å²) in [5.74, 6) is 1.32. The zero-order valence-corrected chi connectivity index (χ0v) is 19.8. The molecule has 0 spiro atoms. The predicted molar refractivity (Wildman–Crippen MR) is 134 cm³/mol. The first kappa shape index (κ1) is 23.4. The molecule has 0 saturated heterocycles. The molecule has 0 aliphatic carbocycles. The van der Waals surface area contributed by atoms with Gasteiger partial charge in [0, 0.05) is 6.54 Å². The van der Waals surface area contributed by atoms with E-state index in [9.17, 15) is 9.59 Å². The van der Waals surface area contributed by atoms with E-state index in [-0.39, 0.29) is 17.2 Å². The van der Waals surface area contributed by atoms with Crippen molar-refractivity contribution in [2.45, 2.75) is 11.6 Å². The molecule has 0 fully saturated rings. The number of methoxy groups -OCH3 is 2. The highest BCUT2D eigenvalue weighted by molar-refractivity contribution is 7.99. The number of thioether (sulfide) groups is 1. The van der Waals surface area contributed by atoms with E-state index in [1.165, 1.54) is 16.3 Å². The van der Waals surface area contributed by atoms with Crippen LogP contribution in [0.5, 0.6) is 11.5 Å². The predicted octanol–water partition coefficient (Wildman–Crippen LogP) is 3.85. The molecule has 1 aromatic heterocycles. The fourth-order valence-corrected chi connectivity index (χ4v) is 4.50. The second-order valence-corrected chi connectivity index (χ2v) is 8.37. The fraction of sp³-hybridized carbons (Fsp3) is 0.192. The highest BCUT2D eigenvalue weighted by Crippen LogP contribution is 2.27. The van der Waals surface area contributed by atoms with Crippen molar-refractivity contribution < 1.29 is 14.3 Å². The number of amides is 1. The Morgan fingerprint density at radius 1 is 0.941 bits per heavy atom. The number of aromatic nitrogens is 2. The molecule has 0 saturated carbocycles. The number of carbonyl (C=O) groups excluding carboxylic acids is 1. The Bertz CT molecular complexity index is 1370. The first-order valence-corrected chi connectivity index (χ1v) is 11.8. The van der Waals surface area contributed by atoms with Gasteiger partial charge in [-0.25, -0.2) is 4.98 Å². The van der Waals surface area contributed by atoms with Gasteiger partial charge in [0.05, 0.1) is 36.6 Å². The molecule has 0 unspecified atom stereocenters. The maximum absolute atomic E-state index is 13.4. The van der Waals surface area contributed by atoms with E-state index in [4.69, 9.17) is 9.47 Å². The third-order valence-corrected chi connectivity index (χ3v) is 6.25. The van der Waals surface area contributed by atoms with E-state index in [2.05, 4.69) is 10.3 Å². The second-order valence-electron chi connectivity index (χ2n) is 7.42. The van der Waals surface area contributed by atoms with Gasteiger partial charge in [0.25, 0.3) is 5.56 Å². The van der Waals surface area contributed by atoms with Crippen LogP contribution in [0.15, 0.2) is 82.7 Å². The molecule has 4 rings (SSSR count). The van der Waals surface area contributed by atoms with Crippen LogP contribution in [-0.4, -0.2) is 42.0 Å². The van der Waals surface area contributed by atoms with Gasteiger partial charge < -0.3 is 14.8 Å². The summed E-state index contributed by atoms with van der Waals surface area (Å²) in [6.45, 7) is 0.476. The van der Waals surface area contributed by atoms with Crippen LogP contribution in [-0.2, 0) is 11.2 Å². The lowest BCUT2D eigenvalue weighted by Gasteiger charge is -2.15. The topological polar surface area (TPSA) is 82.5 Å².